The maximum Gasteiger partial charge on any atom is 0.335 e. The molecule has 8 heteroatoms. The molecule has 8 nitrogen and oxygen atoms in total. The number of rotatable bonds is 10. The van der Waals surface area contributed by atoms with E-state index in [-0.39, 0.29) is 36.4 Å². The third kappa shape index (κ3) is 6.48. The fraction of sp³-hybridized carbons (Fsp3) is 0.333. The average molecular weight is 554 g/mol. The maximum atomic E-state index is 13.6. The number of imidazole rings is 1. The van der Waals surface area contributed by atoms with Crippen LogP contribution < -0.4 is 0 Å². The second kappa shape index (κ2) is 12.8. The molecular weight excluding hydrogens is 518 g/mol. The second-order valence-electron chi connectivity index (χ2n) is 10.5. The lowest BCUT2D eigenvalue weighted by atomic mass is 9.94. The molecule has 1 saturated carbocycles. The number of fused-ring (bicyclic) bond motifs is 1. The molecule has 0 spiro atoms. The molecule has 1 aromatic heterocycles. The van der Waals surface area contributed by atoms with E-state index in [0.717, 1.165) is 48.2 Å². The molecule has 212 valence electrons. The summed E-state index contributed by atoms with van der Waals surface area (Å²) in [4.78, 5) is 43.8. The molecule has 1 amide bonds. The first kappa shape index (κ1) is 28.1. The molecule has 41 heavy (non-hydrogen) atoms. The van der Waals surface area contributed by atoms with E-state index in [1.165, 1.54) is 6.42 Å². The van der Waals surface area contributed by atoms with Gasteiger partial charge in [-0.15, -0.1) is 0 Å². The van der Waals surface area contributed by atoms with Gasteiger partial charge in [0.05, 0.1) is 29.6 Å². The number of hydrogen-bond donors (Lipinski definition) is 1. The Balaban J connectivity index is 1.45. The highest BCUT2D eigenvalue weighted by Gasteiger charge is 2.24. The van der Waals surface area contributed by atoms with Gasteiger partial charge in [0, 0.05) is 30.3 Å². The standard InChI is InChI=1S/C33H35N3O5/c1-2-41-30(37)19-20-35(22-23-9-5-3-6-10-23)32(38)25-15-13-24(14-16-25)31-34-28-21-26(33(39)40)17-18-29(28)36(31)27-11-7-4-8-12-27/h3,5-6,9-10,13-18,21,27H,2,4,7-8,11-12,19-20,22H2,1H3,(H,39,40). The number of carbonyl (C=O) groups excluding carboxylic acids is 2. The molecule has 1 aliphatic rings. The van der Waals surface area contributed by atoms with Crippen LogP contribution >= 0.6 is 0 Å². The fourth-order valence-corrected chi connectivity index (χ4v) is 5.60. The van der Waals surface area contributed by atoms with Crippen LogP contribution in [-0.2, 0) is 16.1 Å². The van der Waals surface area contributed by atoms with E-state index >= 15 is 0 Å². The van der Waals surface area contributed by atoms with Gasteiger partial charge in [0.1, 0.15) is 5.82 Å². The molecule has 1 aliphatic carbocycles. The smallest absolute Gasteiger partial charge is 0.335 e. The molecule has 0 unspecified atom stereocenters. The topological polar surface area (TPSA) is 102 Å². The molecule has 4 aromatic rings. The van der Waals surface area contributed by atoms with Crippen LogP contribution in [0.1, 0.15) is 77.8 Å². The van der Waals surface area contributed by atoms with E-state index in [1.807, 2.05) is 48.5 Å². The average Bonchev–Trinajstić information content (AvgIpc) is 3.39. The van der Waals surface area contributed by atoms with Crippen LogP contribution in [0.4, 0.5) is 0 Å². The molecule has 0 saturated heterocycles. The molecule has 1 fully saturated rings. The number of nitrogens with zero attached hydrogens (tertiary/aromatic N) is 3. The number of ether oxygens (including phenoxy) is 1. The van der Waals surface area contributed by atoms with Gasteiger partial charge >= 0.3 is 11.9 Å². The first-order valence-electron chi connectivity index (χ1n) is 14.3. The van der Waals surface area contributed by atoms with Crippen molar-refractivity contribution in [3.8, 4) is 11.4 Å². The number of carboxylic acid groups (broad SMARTS) is 1. The Morgan fingerprint density at radius 2 is 1.66 bits per heavy atom. The lowest BCUT2D eigenvalue weighted by Gasteiger charge is -2.26. The van der Waals surface area contributed by atoms with Crippen LogP contribution in [0.2, 0.25) is 0 Å². The molecule has 1 N–H and O–H groups in total. The molecule has 3 aromatic carbocycles. The predicted octanol–water partition coefficient (Wildman–Crippen LogP) is 6.50. The maximum absolute atomic E-state index is 13.6. The quantitative estimate of drug-likeness (QED) is 0.225. The summed E-state index contributed by atoms with van der Waals surface area (Å²) in [7, 11) is 0. The van der Waals surface area contributed by atoms with Crippen molar-refractivity contribution in [2.24, 2.45) is 0 Å². The molecule has 0 bridgehead atoms. The molecule has 0 aliphatic heterocycles. The summed E-state index contributed by atoms with van der Waals surface area (Å²) in [5.41, 5.74) is 4.13. The van der Waals surface area contributed by atoms with E-state index in [0.29, 0.717) is 24.2 Å². The zero-order valence-corrected chi connectivity index (χ0v) is 23.3. The van der Waals surface area contributed by atoms with Crippen molar-refractivity contribution < 1.29 is 24.2 Å². The van der Waals surface area contributed by atoms with Crippen molar-refractivity contribution >= 4 is 28.9 Å². The summed E-state index contributed by atoms with van der Waals surface area (Å²) in [5.74, 6) is -0.707. The SMILES string of the molecule is CCOC(=O)CCN(Cc1ccccc1)C(=O)c1ccc(-c2nc3cc(C(=O)O)ccc3n2C2CCCCC2)cc1. The van der Waals surface area contributed by atoms with E-state index in [2.05, 4.69) is 4.57 Å². The minimum Gasteiger partial charge on any atom is -0.478 e. The number of carboxylic acids is 1. The van der Waals surface area contributed by atoms with Gasteiger partial charge in [0.2, 0.25) is 0 Å². The minimum atomic E-state index is -0.980. The molecule has 0 atom stereocenters. The molecule has 1 heterocycles. The van der Waals surface area contributed by atoms with Gasteiger partial charge in [-0.25, -0.2) is 9.78 Å². The van der Waals surface area contributed by atoms with Gasteiger partial charge in [-0.2, -0.15) is 0 Å². The van der Waals surface area contributed by atoms with Crippen LogP contribution in [0.25, 0.3) is 22.4 Å². The van der Waals surface area contributed by atoms with Crippen LogP contribution in [0.3, 0.4) is 0 Å². The Morgan fingerprint density at radius 1 is 0.951 bits per heavy atom. The lowest BCUT2D eigenvalue weighted by molar-refractivity contribution is -0.143. The van der Waals surface area contributed by atoms with Gasteiger partial charge in [-0.1, -0.05) is 61.7 Å². The Bertz CT molecular complexity index is 1520. The van der Waals surface area contributed by atoms with Crippen LogP contribution in [0, 0.1) is 0 Å². The van der Waals surface area contributed by atoms with Gasteiger partial charge in [0.15, 0.2) is 0 Å². The van der Waals surface area contributed by atoms with Crippen molar-refractivity contribution in [2.75, 3.05) is 13.2 Å². The summed E-state index contributed by atoms with van der Waals surface area (Å²) in [6.45, 7) is 2.69. The van der Waals surface area contributed by atoms with E-state index in [4.69, 9.17) is 9.72 Å². The fourth-order valence-electron chi connectivity index (χ4n) is 5.60. The summed E-state index contributed by atoms with van der Waals surface area (Å²) < 4.78 is 7.33. The summed E-state index contributed by atoms with van der Waals surface area (Å²) >= 11 is 0. The van der Waals surface area contributed by atoms with Crippen LogP contribution in [-0.4, -0.2) is 50.6 Å². The van der Waals surface area contributed by atoms with Crippen LogP contribution in [0.15, 0.2) is 72.8 Å². The van der Waals surface area contributed by atoms with E-state index in [9.17, 15) is 19.5 Å². The summed E-state index contributed by atoms with van der Waals surface area (Å²) in [6, 6.07) is 22.5. The lowest BCUT2D eigenvalue weighted by Crippen LogP contribution is -2.33. The predicted molar refractivity (Wildman–Crippen MR) is 157 cm³/mol. The van der Waals surface area contributed by atoms with Crippen molar-refractivity contribution in [3.05, 3.63) is 89.5 Å². The third-order valence-corrected chi connectivity index (χ3v) is 7.66. The van der Waals surface area contributed by atoms with Crippen molar-refractivity contribution in [1.82, 2.24) is 14.5 Å². The first-order chi connectivity index (χ1) is 19.9. The molecular formula is C33H35N3O5. The number of esters is 1. The number of amides is 1. The van der Waals surface area contributed by atoms with Crippen LogP contribution in [0.5, 0.6) is 0 Å². The van der Waals surface area contributed by atoms with Gasteiger partial charge in [-0.05, 0) is 55.7 Å². The number of aromatic nitrogens is 2. The van der Waals surface area contributed by atoms with Gasteiger partial charge < -0.3 is 19.3 Å². The molecule has 0 radical (unpaired) electrons. The van der Waals surface area contributed by atoms with Crippen molar-refractivity contribution in [1.29, 1.82) is 0 Å². The number of carbonyl (C=O) groups is 3. The highest BCUT2D eigenvalue weighted by molar-refractivity contribution is 5.95. The monoisotopic (exact) mass is 553 g/mol. The van der Waals surface area contributed by atoms with E-state index in [1.54, 1.807) is 36.1 Å². The second-order valence-corrected chi connectivity index (χ2v) is 10.5. The minimum absolute atomic E-state index is 0.119. The third-order valence-electron chi connectivity index (χ3n) is 7.66. The number of benzene rings is 3. The Hall–Kier alpha value is -4.46. The van der Waals surface area contributed by atoms with Crippen molar-refractivity contribution in [2.45, 2.75) is 58.0 Å². The Morgan fingerprint density at radius 3 is 2.34 bits per heavy atom. The number of aromatic carboxylic acids is 1. The van der Waals surface area contributed by atoms with Gasteiger partial charge in [0.25, 0.3) is 5.91 Å². The highest BCUT2D eigenvalue weighted by Crippen LogP contribution is 2.36. The summed E-state index contributed by atoms with van der Waals surface area (Å²) in [6.07, 6.45) is 5.72. The Labute approximate surface area is 239 Å². The first-order valence-corrected chi connectivity index (χ1v) is 14.3. The van der Waals surface area contributed by atoms with Crippen molar-refractivity contribution in [3.63, 3.8) is 0 Å². The summed E-state index contributed by atoms with van der Waals surface area (Å²) in [5, 5.41) is 9.51. The highest BCUT2D eigenvalue weighted by atomic mass is 16.5. The normalized spacial score (nSPS) is 13.7. The zero-order chi connectivity index (χ0) is 28.8. The zero-order valence-electron chi connectivity index (χ0n) is 23.3. The van der Waals surface area contributed by atoms with Gasteiger partial charge in [-0.3, -0.25) is 9.59 Å². The largest absolute Gasteiger partial charge is 0.478 e. The number of hydrogen-bond acceptors (Lipinski definition) is 5. The molecule has 5 rings (SSSR count). The van der Waals surface area contributed by atoms with E-state index < -0.39 is 5.97 Å². The Kier molecular flexibility index (Phi) is 8.77.